The Hall–Kier alpha value is -1.35. The second kappa shape index (κ2) is 4.45. The fourth-order valence-corrected chi connectivity index (χ4v) is 1.90. The van der Waals surface area contributed by atoms with E-state index in [1.807, 2.05) is 19.9 Å². The summed E-state index contributed by atoms with van der Waals surface area (Å²) >= 11 is 0. The van der Waals surface area contributed by atoms with Gasteiger partial charge in [0.15, 0.2) is 0 Å². The number of benzene rings is 1. The highest BCUT2D eigenvalue weighted by molar-refractivity contribution is 5.75. The standard InChI is InChI=1S/C10H11N3.C2H6/c1-2-4-9-8(3-1)12-10-7-11-5-6-13(9)10;1-2/h1-4,11H,5-7H2;1-2H3. The topological polar surface area (TPSA) is 29.9 Å². The summed E-state index contributed by atoms with van der Waals surface area (Å²) in [5.74, 6) is 1.16. The van der Waals surface area contributed by atoms with Gasteiger partial charge in [0, 0.05) is 13.1 Å². The Bertz CT molecular complexity index is 445. The maximum absolute atomic E-state index is 4.55. The lowest BCUT2D eigenvalue weighted by atomic mass is 10.3. The van der Waals surface area contributed by atoms with Crippen LogP contribution in [0.3, 0.4) is 0 Å². The Labute approximate surface area is 90.1 Å². The predicted octanol–water partition coefficient (Wildman–Crippen LogP) is 2.17. The number of fused-ring (bicyclic) bond motifs is 3. The third-order valence-electron chi connectivity index (χ3n) is 2.53. The quantitative estimate of drug-likeness (QED) is 0.711. The summed E-state index contributed by atoms with van der Waals surface area (Å²) in [6.07, 6.45) is 0. The molecule has 0 aliphatic carbocycles. The smallest absolute Gasteiger partial charge is 0.123 e. The van der Waals surface area contributed by atoms with Gasteiger partial charge in [0.2, 0.25) is 0 Å². The van der Waals surface area contributed by atoms with E-state index in [1.54, 1.807) is 0 Å². The van der Waals surface area contributed by atoms with E-state index in [2.05, 4.69) is 33.1 Å². The highest BCUT2D eigenvalue weighted by Gasteiger charge is 2.12. The largest absolute Gasteiger partial charge is 0.326 e. The number of para-hydroxylation sites is 2. The average molecular weight is 203 g/mol. The Morgan fingerprint density at radius 3 is 2.93 bits per heavy atom. The predicted molar refractivity (Wildman–Crippen MR) is 62.8 cm³/mol. The van der Waals surface area contributed by atoms with Gasteiger partial charge in [-0.1, -0.05) is 26.0 Å². The molecule has 0 amide bonds. The molecule has 80 valence electrons. The Morgan fingerprint density at radius 1 is 1.27 bits per heavy atom. The summed E-state index contributed by atoms with van der Waals surface area (Å²) in [6, 6.07) is 8.31. The normalized spacial score (nSPS) is 14.3. The van der Waals surface area contributed by atoms with Crippen LogP contribution in [0.1, 0.15) is 19.7 Å². The molecule has 0 spiro atoms. The van der Waals surface area contributed by atoms with Gasteiger partial charge >= 0.3 is 0 Å². The zero-order valence-electron chi connectivity index (χ0n) is 9.33. The second-order valence-electron chi connectivity index (χ2n) is 3.35. The SMILES string of the molecule is CC.c1ccc2c(c1)nc1n2CCNC1. The summed E-state index contributed by atoms with van der Waals surface area (Å²) < 4.78 is 2.30. The number of rotatable bonds is 0. The second-order valence-corrected chi connectivity index (χ2v) is 3.35. The molecule has 0 atom stereocenters. The van der Waals surface area contributed by atoms with Crippen molar-refractivity contribution in [1.29, 1.82) is 0 Å². The Balaban J connectivity index is 0.000000404. The van der Waals surface area contributed by atoms with Gasteiger partial charge in [-0.25, -0.2) is 4.98 Å². The molecule has 3 nitrogen and oxygen atoms in total. The van der Waals surface area contributed by atoms with E-state index >= 15 is 0 Å². The molecule has 0 bridgehead atoms. The molecule has 1 aliphatic rings. The van der Waals surface area contributed by atoms with Gasteiger partial charge < -0.3 is 9.88 Å². The van der Waals surface area contributed by atoms with Crippen LogP contribution < -0.4 is 5.32 Å². The van der Waals surface area contributed by atoms with Crippen LogP contribution >= 0.6 is 0 Å². The Kier molecular flexibility index (Phi) is 3.02. The van der Waals surface area contributed by atoms with E-state index in [1.165, 1.54) is 5.52 Å². The molecular formula is C12H17N3. The van der Waals surface area contributed by atoms with Gasteiger partial charge in [-0.15, -0.1) is 0 Å². The summed E-state index contributed by atoms with van der Waals surface area (Å²) in [5.41, 5.74) is 2.38. The lowest BCUT2D eigenvalue weighted by Crippen LogP contribution is -2.28. The molecule has 1 aromatic carbocycles. The van der Waals surface area contributed by atoms with E-state index in [0.29, 0.717) is 0 Å². The van der Waals surface area contributed by atoms with Crippen LogP contribution in [0.25, 0.3) is 11.0 Å². The van der Waals surface area contributed by atoms with E-state index < -0.39 is 0 Å². The molecule has 3 heteroatoms. The number of nitrogens with zero attached hydrogens (tertiary/aromatic N) is 2. The van der Waals surface area contributed by atoms with Crippen molar-refractivity contribution >= 4 is 11.0 Å². The molecule has 0 unspecified atom stereocenters. The molecule has 1 aromatic heterocycles. The zero-order valence-corrected chi connectivity index (χ0v) is 9.33. The van der Waals surface area contributed by atoms with Crippen molar-refractivity contribution in [2.75, 3.05) is 6.54 Å². The van der Waals surface area contributed by atoms with Gasteiger partial charge in [0.1, 0.15) is 5.82 Å². The van der Waals surface area contributed by atoms with Crippen molar-refractivity contribution in [2.45, 2.75) is 26.9 Å². The van der Waals surface area contributed by atoms with Crippen molar-refractivity contribution in [3.8, 4) is 0 Å². The number of hydrogen-bond acceptors (Lipinski definition) is 2. The first kappa shape index (κ1) is 10.2. The van der Waals surface area contributed by atoms with Crippen molar-refractivity contribution in [3.05, 3.63) is 30.1 Å². The van der Waals surface area contributed by atoms with Crippen molar-refractivity contribution < 1.29 is 0 Å². The van der Waals surface area contributed by atoms with Crippen molar-refractivity contribution in [1.82, 2.24) is 14.9 Å². The van der Waals surface area contributed by atoms with E-state index in [-0.39, 0.29) is 0 Å². The molecule has 0 saturated carbocycles. The first-order valence-electron chi connectivity index (χ1n) is 5.60. The van der Waals surface area contributed by atoms with Crippen LogP contribution in [0.15, 0.2) is 24.3 Å². The lowest BCUT2D eigenvalue weighted by molar-refractivity contribution is 0.514. The molecule has 0 saturated heterocycles. The minimum Gasteiger partial charge on any atom is -0.326 e. The third kappa shape index (κ3) is 1.75. The lowest BCUT2D eigenvalue weighted by Gasteiger charge is -2.15. The van der Waals surface area contributed by atoms with Crippen LogP contribution in [0.5, 0.6) is 0 Å². The minimum absolute atomic E-state index is 0.898. The van der Waals surface area contributed by atoms with Crippen LogP contribution in [0.2, 0.25) is 0 Å². The number of hydrogen-bond donors (Lipinski definition) is 1. The van der Waals surface area contributed by atoms with E-state index in [0.717, 1.165) is 31.0 Å². The first-order valence-corrected chi connectivity index (χ1v) is 5.60. The van der Waals surface area contributed by atoms with Crippen LogP contribution in [-0.2, 0) is 13.1 Å². The minimum atomic E-state index is 0.898. The molecule has 0 radical (unpaired) electrons. The van der Waals surface area contributed by atoms with Gasteiger partial charge in [-0.05, 0) is 12.1 Å². The van der Waals surface area contributed by atoms with Crippen molar-refractivity contribution in [3.63, 3.8) is 0 Å². The zero-order chi connectivity index (χ0) is 10.7. The summed E-state index contributed by atoms with van der Waals surface area (Å²) in [5, 5.41) is 3.32. The van der Waals surface area contributed by atoms with E-state index in [4.69, 9.17) is 0 Å². The molecular weight excluding hydrogens is 186 g/mol. The molecule has 1 aliphatic heterocycles. The molecule has 1 N–H and O–H groups in total. The molecule has 0 fully saturated rings. The summed E-state index contributed by atoms with van der Waals surface area (Å²) in [7, 11) is 0. The van der Waals surface area contributed by atoms with Crippen molar-refractivity contribution in [2.24, 2.45) is 0 Å². The first-order chi connectivity index (χ1) is 7.45. The summed E-state index contributed by atoms with van der Waals surface area (Å²) in [6.45, 7) is 6.98. The maximum Gasteiger partial charge on any atom is 0.123 e. The fourth-order valence-electron chi connectivity index (χ4n) is 1.90. The van der Waals surface area contributed by atoms with Gasteiger partial charge in [0.05, 0.1) is 17.6 Å². The number of nitrogens with one attached hydrogen (secondary N) is 1. The molecule has 3 rings (SSSR count). The third-order valence-corrected chi connectivity index (χ3v) is 2.53. The van der Waals surface area contributed by atoms with Crippen LogP contribution in [0.4, 0.5) is 0 Å². The fraction of sp³-hybridized carbons (Fsp3) is 0.417. The monoisotopic (exact) mass is 203 g/mol. The highest BCUT2D eigenvalue weighted by Crippen LogP contribution is 2.16. The summed E-state index contributed by atoms with van der Waals surface area (Å²) in [4.78, 5) is 4.55. The number of aromatic nitrogens is 2. The van der Waals surface area contributed by atoms with Crippen LogP contribution in [0, 0.1) is 0 Å². The van der Waals surface area contributed by atoms with Gasteiger partial charge in [-0.2, -0.15) is 0 Å². The molecule has 2 heterocycles. The van der Waals surface area contributed by atoms with Crippen LogP contribution in [-0.4, -0.2) is 16.1 Å². The average Bonchev–Trinajstić information content (AvgIpc) is 2.70. The Morgan fingerprint density at radius 2 is 2.07 bits per heavy atom. The molecule has 15 heavy (non-hydrogen) atoms. The van der Waals surface area contributed by atoms with E-state index in [9.17, 15) is 0 Å². The van der Waals surface area contributed by atoms with Gasteiger partial charge in [-0.3, -0.25) is 0 Å². The van der Waals surface area contributed by atoms with Gasteiger partial charge in [0.25, 0.3) is 0 Å². The molecule has 2 aromatic rings. The number of imidazole rings is 1. The maximum atomic E-state index is 4.55. The highest BCUT2D eigenvalue weighted by atomic mass is 15.1.